The van der Waals surface area contributed by atoms with Gasteiger partial charge in [-0.05, 0) is 29.8 Å². The Kier molecular flexibility index (Phi) is 8.78. The van der Waals surface area contributed by atoms with Gasteiger partial charge in [-0.1, -0.05) is 70.7 Å². The number of benzene rings is 2. The lowest BCUT2D eigenvalue weighted by Gasteiger charge is -2.36. The van der Waals surface area contributed by atoms with Crippen molar-refractivity contribution in [2.75, 3.05) is 25.5 Å². The molecule has 34 heavy (non-hydrogen) atoms. The summed E-state index contributed by atoms with van der Waals surface area (Å²) in [5, 5.41) is 16.4. The number of halogens is 4. The molecule has 2 heterocycles. The van der Waals surface area contributed by atoms with Gasteiger partial charge in [0.2, 0.25) is 9.62 Å². The van der Waals surface area contributed by atoms with Crippen LogP contribution in [0.1, 0.15) is 22.0 Å². The molecule has 1 aliphatic rings. The number of hydrogen-bond acceptors (Lipinski definition) is 6. The molecule has 4 rings (SSSR count). The van der Waals surface area contributed by atoms with E-state index in [1.54, 1.807) is 24.3 Å². The first-order valence-electron chi connectivity index (χ1n) is 10.1. The summed E-state index contributed by atoms with van der Waals surface area (Å²) in [4.78, 5) is 27.3. The maximum absolute atomic E-state index is 10.7. The molecule has 2 N–H and O–H groups in total. The molecule has 0 atom stereocenters. The third-order valence-electron chi connectivity index (χ3n) is 5.00. The van der Waals surface area contributed by atoms with Gasteiger partial charge in [0.25, 0.3) is 0 Å². The number of hydrogen-bond donors (Lipinski definition) is 2. The standard InChI is InChI=1S/C12H15ClN2O2.C10H6Cl3N3O/c1-14-11-3-2-8(4-10(11)13)5-15-6-9(7-15)12(16)17;11-10(12,13)9-14-8(6-17)15-16(9)7-4-2-1-3-5-7/h2-4,9,14H,5-7H2,1H3,(H,16,17);1-6H. The van der Waals surface area contributed by atoms with Gasteiger partial charge in [0, 0.05) is 26.7 Å². The highest BCUT2D eigenvalue weighted by Gasteiger charge is 2.32. The fourth-order valence-electron chi connectivity index (χ4n) is 3.28. The van der Waals surface area contributed by atoms with Crippen molar-refractivity contribution in [3.8, 4) is 5.69 Å². The first-order chi connectivity index (χ1) is 16.1. The number of carbonyl (C=O) groups is 2. The first kappa shape index (κ1) is 26.2. The molecule has 180 valence electrons. The summed E-state index contributed by atoms with van der Waals surface area (Å²) in [5.74, 6) is -0.863. The lowest BCUT2D eigenvalue weighted by Crippen LogP contribution is -2.49. The Morgan fingerprint density at radius 3 is 2.41 bits per heavy atom. The van der Waals surface area contributed by atoms with Crippen LogP contribution in [0.15, 0.2) is 48.5 Å². The van der Waals surface area contributed by atoms with Gasteiger partial charge >= 0.3 is 5.97 Å². The van der Waals surface area contributed by atoms with Gasteiger partial charge in [0.15, 0.2) is 12.1 Å². The Morgan fingerprint density at radius 1 is 1.21 bits per heavy atom. The molecular weight excluding hydrogens is 524 g/mol. The van der Waals surface area contributed by atoms with Crippen molar-refractivity contribution in [3.05, 3.63) is 70.8 Å². The van der Waals surface area contributed by atoms with E-state index in [9.17, 15) is 9.59 Å². The van der Waals surface area contributed by atoms with E-state index in [4.69, 9.17) is 51.5 Å². The van der Waals surface area contributed by atoms with Gasteiger partial charge in [-0.15, -0.1) is 5.10 Å². The zero-order valence-electron chi connectivity index (χ0n) is 18.0. The maximum Gasteiger partial charge on any atom is 0.309 e. The average molecular weight is 545 g/mol. The topological polar surface area (TPSA) is 100 Å². The Hall–Kier alpha value is -2.36. The van der Waals surface area contributed by atoms with E-state index in [0.717, 1.165) is 17.8 Å². The first-order valence-corrected chi connectivity index (χ1v) is 11.6. The molecule has 0 bridgehead atoms. The molecule has 0 radical (unpaired) electrons. The molecule has 2 aromatic carbocycles. The van der Waals surface area contributed by atoms with Crippen molar-refractivity contribution in [3.63, 3.8) is 0 Å². The van der Waals surface area contributed by atoms with Crippen molar-refractivity contribution in [1.82, 2.24) is 19.7 Å². The van der Waals surface area contributed by atoms with Gasteiger partial charge < -0.3 is 10.4 Å². The molecule has 0 saturated carbocycles. The largest absolute Gasteiger partial charge is 0.481 e. The highest BCUT2D eigenvalue weighted by atomic mass is 35.6. The number of likely N-dealkylation sites (tertiary alicyclic amines) is 1. The summed E-state index contributed by atoms with van der Waals surface area (Å²) in [6.07, 6.45) is 0.499. The molecule has 8 nitrogen and oxygen atoms in total. The third kappa shape index (κ3) is 6.61. The van der Waals surface area contributed by atoms with Crippen LogP contribution in [-0.4, -0.2) is 57.2 Å². The van der Waals surface area contributed by atoms with E-state index in [0.29, 0.717) is 30.1 Å². The number of para-hydroxylation sites is 1. The van der Waals surface area contributed by atoms with Crippen LogP contribution in [0, 0.1) is 5.92 Å². The van der Waals surface area contributed by atoms with Crippen LogP contribution in [0.5, 0.6) is 0 Å². The van der Waals surface area contributed by atoms with Crippen molar-refractivity contribution in [2.24, 2.45) is 5.92 Å². The SMILES string of the molecule is CNc1ccc(CN2CC(C(=O)O)C2)cc1Cl.O=Cc1nc(C(Cl)(Cl)Cl)n(-c2ccccc2)n1. The molecule has 1 aliphatic heterocycles. The Balaban J connectivity index is 0.000000191. The summed E-state index contributed by atoms with van der Waals surface area (Å²) in [6.45, 7) is 2.01. The van der Waals surface area contributed by atoms with E-state index in [1.807, 2.05) is 31.3 Å². The Morgan fingerprint density at radius 2 is 1.88 bits per heavy atom. The van der Waals surface area contributed by atoms with Gasteiger partial charge in [0.05, 0.1) is 22.3 Å². The minimum Gasteiger partial charge on any atom is -0.481 e. The van der Waals surface area contributed by atoms with Crippen LogP contribution in [0.3, 0.4) is 0 Å². The molecule has 1 saturated heterocycles. The van der Waals surface area contributed by atoms with E-state index >= 15 is 0 Å². The van der Waals surface area contributed by atoms with Crippen molar-refractivity contribution in [1.29, 1.82) is 0 Å². The highest BCUT2D eigenvalue weighted by Crippen LogP contribution is 2.37. The molecule has 1 aromatic heterocycles. The summed E-state index contributed by atoms with van der Waals surface area (Å²) < 4.78 is -0.416. The summed E-state index contributed by atoms with van der Waals surface area (Å²) >= 11 is 23.4. The number of aliphatic carboxylic acids is 1. The van der Waals surface area contributed by atoms with Crippen LogP contribution in [0.4, 0.5) is 5.69 Å². The number of carbonyl (C=O) groups excluding carboxylic acids is 1. The second-order valence-corrected chi connectivity index (χ2v) is 10.1. The fourth-order valence-corrected chi connectivity index (χ4v) is 3.95. The number of carboxylic acids is 1. The monoisotopic (exact) mass is 543 g/mol. The van der Waals surface area contributed by atoms with Crippen LogP contribution < -0.4 is 5.32 Å². The van der Waals surface area contributed by atoms with Gasteiger partial charge in [-0.25, -0.2) is 9.67 Å². The maximum atomic E-state index is 10.7. The lowest BCUT2D eigenvalue weighted by atomic mass is 9.99. The molecule has 0 amide bonds. The zero-order valence-corrected chi connectivity index (χ0v) is 21.0. The smallest absolute Gasteiger partial charge is 0.309 e. The van der Waals surface area contributed by atoms with Crippen LogP contribution >= 0.6 is 46.4 Å². The summed E-state index contributed by atoms with van der Waals surface area (Å²) in [6, 6.07) is 14.8. The highest BCUT2D eigenvalue weighted by molar-refractivity contribution is 6.66. The minimum atomic E-state index is -1.75. The number of nitrogens with one attached hydrogen (secondary N) is 1. The molecule has 0 unspecified atom stereocenters. The fraction of sp³-hybridized carbons (Fsp3) is 0.273. The van der Waals surface area contributed by atoms with E-state index in [2.05, 4.69) is 20.3 Å². The van der Waals surface area contributed by atoms with Crippen LogP contribution in [0.25, 0.3) is 5.69 Å². The second-order valence-electron chi connectivity index (χ2n) is 7.45. The van der Waals surface area contributed by atoms with E-state index < -0.39 is 9.76 Å². The predicted molar refractivity (Wildman–Crippen MR) is 133 cm³/mol. The lowest BCUT2D eigenvalue weighted by molar-refractivity contribution is -0.147. The molecule has 12 heteroatoms. The predicted octanol–water partition coefficient (Wildman–Crippen LogP) is 4.80. The molecular formula is C22H21Cl4N5O3. The number of carboxylic acid groups (broad SMARTS) is 1. The summed E-state index contributed by atoms with van der Waals surface area (Å²) in [7, 11) is 1.83. The Labute approximate surface area is 216 Å². The molecule has 1 fully saturated rings. The average Bonchev–Trinajstić information content (AvgIpc) is 3.22. The van der Waals surface area contributed by atoms with Crippen LogP contribution in [0.2, 0.25) is 5.02 Å². The minimum absolute atomic E-state index is 0.0322. The zero-order chi connectivity index (χ0) is 24.9. The van der Waals surface area contributed by atoms with Gasteiger partial charge in [-0.2, -0.15) is 0 Å². The summed E-state index contributed by atoms with van der Waals surface area (Å²) in [5.41, 5.74) is 2.68. The molecule has 3 aromatic rings. The van der Waals surface area contributed by atoms with Crippen molar-refractivity contribution >= 4 is 64.3 Å². The van der Waals surface area contributed by atoms with Crippen LogP contribution in [-0.2, 0) is 15.1 Å². The van der Waals surface area contributed by atoms with Gasteiger partial charge in [-0.3, -0.25) is 14.5 Å². The van der Waals surface area contributed by atoms with Gasteiger partial charge in [0.1, 0.15) is 0 Å². The Bertz CT molecular complexity index is 1150. The molecule has 0 spiro atoms. The number of aromatic nitrogens is 3. The number of anilines is 1. The van der Waals surface area contributed by atoms with Crippen molar-refractivity contribution in [2.45, 2.75) is 10.3 Å². The third-order valence-corrected chi connectivity index (χ3v) is 5.82. The number of rotatable bonds is 6. The quantitative estimate of drug-likeness (QED) is 0.339. The van der Waals surface area contributed by atoms with E-state index in [1.165, 1.54) is 4.68 Å². The normalized spacial score (nSPS) is 14.0. The number of nitrogens with zero attached hydrogens (tertiary/aromatic N) is 4. The van der Waals surface area contributed by atoms with Crippen molar-refractivity contribution < 1.29 is 14.7 Å². The van der Waals surface area contributed by atoms with E-state index in [-0.39, 0.29) is 17.6 Å². The number of alkyl halides is 3. The second kappa shape index (κ2) is 11.4. The molecule has 0 aliphatic carbocycles. The number of aldehydes is 1.